The van der Waals surface area contributed by atoms with Crippen molar-refractivity contribution in [3.63, 3.8) is 0 Å². The minimum Gasteiger partial charge on any atom is -0.496 e. The predicted octanol–water partition coefficient (Wildman–Crippen LogP) is 5.68. The standard InChI is InChI=1S/C29H39FN2O4/c1-9-31-24(13-17(3)4)29(34)32-23(16-26(33)36-10-2)22-15-21(14-19(6)28(22)30)27-18(5)11-12-25(35-8)20(27)7/h9,11-12,14-15,17,23-24,31H,1,10,13,16H2,2-8H3,(H,32,34)/t23-,24?/m0/s1. The number of nitrogens with one attached hydrogen (secondary N) is 2. The van der Waals surface area contributed by atoms with E-state index < -0.39 is 23.9 Å². The van der Waals surface area contributed by atoms with Crippen molar-refractivity contribution in [2.75, 3.05) is 13.7 Å². The average molecular weight is 499 g/mol. The summed E-state index contributed by atoms with van der Waals surface area (Å²) in [5, 5.41) is 5.86. The molecule has 1 unspecified atom stereocenters. The second-order valence-corrected chi connectivity index (χ2v) is 9.40. The summed E-state index contributed by atoms with van der Waals surface area (Å²) in [6, 6.07) is 5.85. The molecule has 2 N–H and O–H groups in total. The van der Waals surface area contributed by atoms with Crippen LogP contribution in [0, 0.1) is 32.5 Å². The smallest absolute Gasteiger partial charge is 0.308 e. The molecule has 36 heavy (non-hydrogen) atoms. The first-order valence-electron chi connectivity index (χ1n) is 12.3. The molecule has 0 spiro atoms. The number of hydrogen-bond donors (Lipinski definition) is 2. The second-order valence-electron chi connectivity index (χ2n) is 9.40. The van der Waals surface area contributed by atoms with E-state index in [0.29, 0.717) is 12.0 Å². The maximum absolute atomic E-state index is 15.6. The third-order valence-corrected chi connectivity index (χ3v) is 6.13. The van der Waals surface area contributed by atoms with Crippen LogP contribution in [0.3, 0.4) is 0 Å². The summed E-state index contributed by atoms with van der Waals surface area (Å²) >= 11 is 0. The summed E-state index contributed by atoms with van der Waals surface area (Å²) in [7, 11) is 1.61. The summed E-state index contributed by atoms with van der Waals surface area (Å²) in [6.45, 7) is 15.2. The van der Waals surface area contributed by atoms with E-state index in [9.17, 15) is 9.59 Å². The van der Waals surface area contributed by atoms with Crippen LogP contribution < -0.4 is 15.4 Å². The Balaban J connectivity index is 2.61. The van der Waals surface area contributed by atoms with E-state index in [2.05, 4.69) is 17.2 Å². The van der Waals surface area contributed by atoms with Crippen molar-refractivity contribution >= 4 is 11.9 Å². The highest BCUT2D eigenvalue weighted by Gasteiger charge is 2.28. The van der Waals surface area contributed by atoms with Crippen LogP contribution in [0.2, 0.25) is 0 Å². The lowest BCUT2D eigenvalue weighted by atomic mass is 9.90. The average Bonchev–Trinajstić information content (AvgIpc) is 2.80. The fourth-order valence-corrected chi connectivity index (χ4v) is 4.45. The van der Waals surface area contributed by atoms with Gasteiger partial charge in [-0.15, -0.1) is 0 Å². The number of ether oxygens (including phenoxy) is 2. The number of halogens is 1. The molecule has 0 aliphatic heterocycles. The van der Waals surface area contributed by atoms with Gasteiger partial charge in [-0.2, -0.15) is 0 Å². The van der Waals surface area contributed by atoms with E-state index in [1.807, 2.05) is 39.8 Å². The van der Waals surface area contributed by atoms with Gasteiger partial charge in [0.05, 0.1) is 26.2 Å². The maximum Gasteiger partial charge on any atom is 0.308 e. The number of hydrogen-bond acceptors (Lipinski definition) is 5. The molecule has 0 saturated heterocycles. The molecule has 0 saturated carbocycles. The summed E-state index contributed by atoms with van der Waals surface area (Å²) in [4.78, 5) is 25.7. The summed E-state index contributed by atoms with van der Waals surface area (Å²) < 4.78 is 26.2. The zero-order valence-corrected chi connectivity index (χ0v) is 22.5. The van der Waals surface area contributed by atoms with E-state index in [1.54, 1.807) is 33.1 Å². The fraction of sp³-hybridized carbons (Fsp3) is 0.448. The Hall–Kier alpha value is -3.35. The van der Waals surface area contributed by atoms with Gasteiger partial charge in [0.2, 0.25) is 5.91 Å². The van der Waals surface area contributed by atoms with Crippen molar-refractivity contribution in [3.8, 4) is 16.9 Å². The number of esters is 1. The lowest BCUT2D eigenvalue weighted by Gasteiger charge is -2.25. The monoisotopic (exact) mass is 498 g/mol. The Morgan fingerprint density at radius 1 is 1.14 bits per heavy atom. The molecule has 0 aromatic heterocycles. The number of methoxy groups -OCH3 is 1. The SMILES string of the molecule is C=CNC(CC(C)C)C(=O)N[C@@H](CC(=O)OCC)c1cc(-c2c(C)ccc(OC)c2C)cc(C)c1F. The van der Waals surface area contributed by atoms with Crippen molar-refractivity contribution < 1.29 is 23.5 Å². The van der Waals surface area contributed by atoms with Crippen LogP contribution in [0.4, 0.5) is 4.39 Å². The van der Waals surface area contributed by atoms with Crippen LogP contribution >= 0.6 is 0 Å². The highest BCUT2D eigenvalue weighted by Crippen LogP contribution is 2.36. The minimum atomic E-state index is -0.914. The van der Waals surface area contributed by atoms with Gasteiger partial charge in [-0.05, 0) is 92.2 Å². The van der Waals surface area contributed by atoms with Crippen LogP contribution in [0.25, 0.3) is 11.1 Å². The molecular weight excluding hydrogens is 459 g/mol. The Bertz CT molecular complexity index is 1100. The van der Waals surface area contributed by atoms with Crippen LogP contribution in [0.5, 0.6) is 5.75 Å². The van der Waals surface area contributed by atoms with Gasteiger partial charge in [-0.25, -0.2) is 4.39 Å². The van der Waals surface area contributed by atoms with Gasteiger partial charge in [0.1, 0.15) is 17.6 Å². The van der Waals surface area contributed by atoms with E-state index in [-0.39, 0.29) is 30.4 Å². The molecule has 7 heteroatoms. The van der Waals surface area contributed by atoms with Crippen molar-refractivity contribution in [1.29, 1.82) is 0 Å². The van der Waals surface area contributed by atoms with Crippen molar-refractivity contribution in [2.45, 2.75) is 66.5 Å². The van der Waals surface area contributed by atoms with Gasteiger partial charge in [-0.1, -0.05) is 26.5 Å². The first kappa shape index (κ1) is 28.9. The molecule has 0 heterocycles. The number of carbonyl (C=O) groups excluding carboxylic acids is 2. The highest BCUT2D eigenvalue weighted by molar-refractivity contribution is 5.83. The van der Waals surface area contributed by atoms with Gasteiger partial charge in [0.25, 0.3) is 0 Å². The van der Waals surface area contributed by atoms with E-state index >= 15 is 4.39 Å². The van der Waals surface area contributed by atoms with Crippen molar-refractivity contribution in [3.05, 3.63) is 65.1 Å². The lowest BCUT2D eigenvalue weighted by Crippen LogP contribution is -2.45. The second kappa shape index (κ2) is 13.1. The van der Waals surface area contributed by atoms with Gasteiger partial charge in [0.15, 0.2) is 0 Å². The molecule has 1 amide bonds. The molecule has 0 aliphatic rings. The van der Waals surface area contributed by atoms with Crippen LogP contribution in [0.1, 0.15) is 61.9 Å². The number of rotatable bonds is 12. The molecule has 2 aromatic carbocycles. The number of benzene rings is 2. The van der Waals surface area contributed by atoms with Crippen molar-refractivity contribution in [2.24, 2.45) is 5.92 Å². The normalized spacial score (nSPS) is 12.6. The molecule has 2 atom stereocenters. The largest absolute Gasteiger partial charge is 0.496 e. The summed E-state index contributed by atoms with van der Waals surface area (Å²) in [6.07, 6.45) is 1.82. The number of amides is 1. The molecule has 0 aliphatic carbocycles. The zero-order valence-electron chi connectivity index (χ0n) is 22.5. The number of aryl methyl sites for hydroxylation is 2. The molecule has 196 valence electrons. The molecule has 0 fully saturated rings. The van der Waals surface area contributed by atoms with Crippen LogP contribution in [0.15, 0.2) is 37.0 Å². The highest BCUT2D eigenvalue weighted by atomic mass is 19.1. The molecule has 0 radical (unpaired) electrons. The molecule has 0 bridgehead atoms. The van der Waals surface area contributed by atoms with E-state index in [0.717, 1.165) is 28.0 Å². The lowest BCUT2D eigenvalue weighted by molar-refractivity contribution is -0.143. The first-order valence-corrected chi connectivity index (χ1v) is 12.3. The Morgan fingerprint density at radius 3 is 2.42 bits per heavy atom. The third kappa shape index (κ3) is 7.09. The molecule has 2 rings (SSSR count). The molecular formula is C29H39FN2O4. The molecule has 6 nitrogen and oxygen atoms in total. The number of carbonyl (C=O) groups is 2. The predicted molar refractivity (Wildman–Crippen MR) is 141 cm³/mol. The maximum atomic E-state index is 15.6. The van der Waals surface area contributed by atoms with Crippen molar-refractivity contribution in [1.82, 2.24) is 10.6 Å². The quantitative estimate of drug-likeness (QED) is 0.368. The van der Waals surface area contributed by atoms with Crippen LogP contribution in [-0.4, -0.2) is 31.6 Å². The summed E-state index contributed by atoms with van der Waals surface area (Å²) in [5.74, 6) is -0.366. The Labute approximate surface area is 214 Å². The third-order valence-electron chi connectivity index (χ3n) is 6.13. The Kier molecular flexibility index (Phi) is 10.5. The summed E-state index contributed by atoms with van der Waals surface area (Å²) in [5.41, 5.74) is 4.27. The van der Waals surface area contributed by atoms with Gasteiger partial charge < -0.3 is 20.1 Å². The van der Waals surface area contributed by atoms with Crippen LogP contribution in [-0.2, 0) is 14.3 Å². The zero-order chi connectivity index (χ0) is 27.0. The van der Waals surface area contributed by atoms with E-state index in [4.69, 9.17) is 9.47 Å². The Morgan fingerprint density at radius 2 is 1.83 bits per heavy atom. The molecule has 2 aromatic rings. The van der Waals surface area contributed by atoms with Gasteiger partial charge in [-0.3, -0.25) is 9.59 Å². The minimum absolute atomic E-state index is 0.192. The van der Waals surface area contributed by atoms with E-state index in [1.165, 1.54) is 6.20 Å². The fourth-order valence-electron chi connectivity index (χ4n) is 4.45. The topological polar surface area (TPSA) is 76.7 Å². The first-order chi connectivity index (χ1) is 17.0. The van der Waals surface area contributed by atoms with Gasteiger partial charge in [0, 0.05) is 5.56 Å². The van der Waals surface area contributed by atoms with Gasteiger partial charge >= 0.3 is 5.97 Å².